The molecule has 222 valence electrons. The lowest BCUT2D eigenvalue weighted by Crippen LogP contribution is -2.56. The summed E-state index contributed by atoms with van der Waals surface area (Å²) in [4.78, 5) is 48.5. The third kappa shape index (κ3) is 5.34. The highest BCUT2D eigenvalue weighted by Gasteiger charge is 2.76. The van der Waals surface area contributed by atoms with Crippen molar-refractivity contribution in [2.75, 3.05) is 36.0 Å². The van der Waals surface area contributed by atoms with E-state index in [1.54, 1.807) is 62.9 Å². The highest BCUT2D eigenvalue weighted by molar-refractivity contribution is 9.09. The number of rotatable bonds is 12. The highest BCUT2D eigenvalue weighted by Crippen LogP contribution is 2.68. The third-order valence-electron chi connectivity index (χ3n) is 8.48. The molecule has 0 saturated carbocycles. The average molecular weight is 673 g/mol. The molecule has 3 aliphatic rings. The summed E-state index contributed by atoms with van der Waals surface area (Å²) >= 11 is 11.6. The van der Waals surface area contributed by atoms with Gasteiger partial charge in [-0.1, -0.05) is 57.9 Å². The van der Waals surface area contributed by atoms with Crippen LogP contribution < -0.4 is 9.80 Å². The molecule has 3 aliphatic heterocycles. The van der Waals surface area contributed by atoms with E-state index in [1.807, 2.05) is 30.3 Å². The number of fused-ring (bicyclic) bond motifs is 1. The lowest BCUT2D eigenvalue weighted by Gasteiger charge is -2.38. The number of unbranched alkanes of at least 4 members (excludes halogenated alkanes) is 1. The minimum Gasteiger partial charge on any atom is -0.396 e. The van der Waals surface area contributed by atoms with E-state index in [0.717, 1.165) is 5.69 Å². The van der Waals surface area contributed by atoms with Crippen LogP contribution in [0.2, 0.25) is 5.02 Å². The van der Waals surface area contributed by atoms with Crippen molar-refractivity contribution in [1.82, 2.24) is 4.90 Å². The zero-order valence-corrected chi connectivity index (χ0v) is 26.4. The SMILES string of the molecule is C=CCN(C(=O)C1N(CCCCO)C(=O)[C@@H]2[C@@H](C(=O)N(CC=C)c3ccccc3)[C@@H]3SC12CC3Br)c1ccc(Cl)cc1. The smallest absolute Gasteiger partial charge is 0.251 e. The molecule has 6 atom stereocenters. The number of halogens is 2. The lowest BCUT2D eigenvalue weighted by molar-refractivity contribution is -0.139. The van der Waals surface area contributed by atoms with Gasteiger partial charge in [0.05, 0.1) is 16.6 Å². The van der Waals surface area contributed by atoms with Crippen LogP contribution in [0, 0.1) is 11.8 Å². The number of carbonyl (C=O) groups excluding carboxylic acids is 3. The van der Waals surface area contributed by atoms with E-state index in [4.69, 9.17) is 11.6 Å². The molecule has 2 bridgehead atoms. The van der Waals surface area contributed by atoms with Crippen molar-refractivity contribution in [3.63, 3.8) is 0 Å². The number of anilines is 2. The number of likely N-dealkylation sites (tertiary alicyclic amines) is 1. The van der Waals surface area contributed by atoms with Gasteiger partial charge in [0.1, 0.15) is 6.04 Å². The minimum atomic E-state index is -0.783. The Balaban J connectivity index is 1.57. The quantitative estimate of drug-likeness (QED) is 0.188. The molecular formula is C32H35BrClN3O4S. The number of aliphatic hydroxyl groups excluding tert-OH is 1. The first-order valence-corrected chi connectivity index (χ1v) is 16.3. The number of aliphatic hydroxyl groups is 1. The van der Waals surface area contributed by atoms with Gasteiger partial charge in [0.25, 0.3) is 5.91 Å². The van der Waals surface area contributed by atoms with Crippen molar-refractivity contribution in [2.45, 2.75) is 40.1 Å². The van der Waals surface area contributed by atoms with Gasteiger partial charge in [-0.05, 0) is 55.7 Å². The van der Waals surface area contributed by atoms with Gasteiger partial charge in [-0.15, -0.1) is 24.9 Å². The summed E-state index contributed by atoms with van der Waals surface area (Å²) in [6.45, 7) is 8.63. The molecule has 0 radical (unpaired) electrons. The van der Waals surface area contributed by atoms with Gasteiger partial charge in [-0.2, -0.15) is 0 Å². The molecule has 42 heavy (non-hydrogen) atoms. The van der Waals surface area contributed by atoms with Crippen molar-refractivity contribution in [1.29, 1.82) is 0 Å². The van der Waals surface area contributed by atoms with Gasteiger partial charge in [0.2, 0.25) is 11.8 Å². The monoisotopic (exact) mass is 671 g/mol. The van der Waals surface area contributed by atoms with Crippen LogP contribution in [0.25, 0.3) is 0 Å². The third-order valence-corrected chi connectivity index (χ3v) is 11.9. The molecule has 7 nitrogen and oxygen atoms in total. The van der Waals surface area contributed by atoms with Crippen LogP contribution in [-0.2, 0) is 14.4 Å². The molecule has 0 aliphatic carbocycles. The zero-order valence-electron chi connectivity index (χ0n) is 23.3. The summed E-state index contributed by atoms with van der Waals surface area (Å²) in [5.74, 6) is -1.76. The maximum absolute atomic E-state index is 14.6. The van der Waals surface area contributed by atoms with E-state index in [-0.39, 0.29) is 41.0 Å². The number of hydrogen-bond donors (Lipinski definition) is 1. The number of carbonyl (C=O) groups is 3. The maximum Gasteiger partial charge on any atom is 0.251 e. The Morgan fingerprint density at radius 2 is 1.64 bits per heavy atom. The van der Waals surface area contributed by atoms with Crippen LogP contribution in [0.5, 0.6) is 0 Å². The summed E-state index contributed by atoms with van der Waals surface area (Å²) < 4.78 is -0.783. The first kappa shape index (κ1) is 30.9. The number of benzene rings is 2. The van der Waals surface area contributed by atoms with Gasteiger partial charge < -0.3 is 19.8 Å². The van der Waals surface area contributed by atoms with Gasteiger partial charge in [0, 0.05) is 52.7 Å². The van der Waals surface area contributed by atoms with Crippen molar-refractivity contribution in [2.24, 2.45) is 11.8 Å². The van der Waals surface area contributed by atoms with Crippen LogP contribution >= 0.6 is 39.3 Å². The lowest BCUT2D eigenvalue weighted by atomic mass is 9.70. The number of nitrogens with zero attached hydrogens (tertiary/aromatic N) is 3. The Kier molecular flexibility index (Phi) is 9.52. The molecular weight excluding hydrogens is 638 g/mol. The first-order chi connectivity index (χ1) is 20.3. The summed E-state index contributed by atoms with van der Waals surface area (Å²) in [7, 11) is 0. The molecule has 3 heterocycles. The predicted molar refractivity (Wildman–Crippen MR) is 173 cm³/mol. The number of thioether (sulfide) groups is 1. The summed E-state index contributed by atoms with van der Waals surface area (Å²) in [5, 5.41) is 9.87. The second-order valence-electron chi connectivity index (χ2n) is 10.9. The van der Waals surface area contributed by atoms with Crippen molar-refractivity contribution in [3.8, 4) is 0 Å². The molecule has 0 aromatic heterocycles. The fourth-order valence-corrected chi connectivity index (χ4v) is 10.5. The summed E-state index contributed by atoms with van der Waals surface area (Å²) in [6, 6.07) is 15.7. The number of amides is 3. The topological polar surface area (TPSA) is 81.2 Å². The molecule has 2 aromatic rings. The molecule has 2 aromatic carbocycles. The fraction of sp³-hybridized carbons (Fsp3) is 0.406. The minimum absolute atomic E-state index is 0.00240. The predicted octanol–water partition coefficient (Wildman–Crippen LogP) is 5.32. The largest absolute Gasteiger partial charge is 0.396 e. The Hall–Kier alpha value is -2.59. The number of para-hydroxylation sites is 1. The summed E-state index contributed by atoms with van der Waals surface area (Å²) in [5.41, 5.74) is 1.40. The van der Waals surface area contributed by atoms with E-state index < -0.39 is 22.6 Å². The van der Waals surface area contributed by atoms with Gasteiger partial charge in [0.15, 0.2) is 0 Å². The highest BCUT2D eigenvalue weighted by atomic mass is 79.9. The van der Waals surface area contributed by atoms with Gasteiger partial charge in [-0.25, -0.2) is 0 Å². The van der Waals surface area contributed by atoms with E-state index in [0.29, 0.717) is 43.1 Å². The molecule has 3 amide bonds. The second-order valence-corrected chi connectivity index (χ2v) is 14.1. The summed E-state index contributed by atoms with van der Waals surface area (Å²) in [6.07, 6.45) is 5.01. The molecule has 5 rings (SSSR count). The molecule has 1 spiro atoms. The standard InChI is InChI=1S/C32H35BrClN3O4S/c1-3-16-35(22-10-6-5-7-11-22)29(39)25-26-30(40)37(18-8-9-19-38)28(32(26)20-24(33)27(25)42-32)31(41)36(17-4-2)23-14-12-21(34)13-15-23/h3-7,10-15,24-28,38H,1-2,8-9,16-20H2/t24?,25-,26+,27-,28?,32?/m1/s1. The van der Waals surface area contributed by atoms with E-state index in [2.05, 4.69) is 29.1 Å². The Bertz CT molecular complexity index is 1350. The van der Waals surface area contributed by atoms with Gasteiger partial charge in [-0.3, -0.25) is 14.4 Å². The first-order valence-electron chi connectivity index (χ1n) is 14.2. The van der Waals surface area contributed by atoms with Crippen LogP contribution in [0.4, 0.5) is 11.4 Å². The second kappa shape index (κ2) is 13.0. The van der Waals surface area contributed by atoms with Gasteiger partial charge >= 0.3 is 0 Å². The fourth-order valence-electron chi connectivity index (χ4n) is 6.79. The van der Waals surface area contributed by atoms with Crippen molar-refractivity contribution < 1.29 is 19.5 Å². The van der Waals surface area contributed by atoms with Crippen molar-refractivity contribution in [3.05, 3.63) is 84.9 Å². The zero-order chi connectivity index (χ0) is 30.0. The maximum atomic E-state index is 14.6. The van der Waals surface area contributed by atoms with E-state index in [9.17, 15) is 19.5 Å². The normalized spacial score (nSPS) is 27.5. The van der Waals surface area contributed by atoms with Crippen LogP contribution in [0.3, 0.4) is 0 Å². The molecule has 1 N–H and O–H groups in total. The van der Waals surface area contributed by atoms with E-state index in [1.165, 1.54) is 0 Å². The molecule has 10 heteroatoms. The molecule has 3 saturated heterocycles. The molecule has 3 unspecified atom stereocenters. The number of alkyl halides is 1. The van der Waals surface area contributed by atoms with Crippen molar-refractivity contribution >= 4 is 68.4 Å². The number of hydrogen-bond acceptors (Lipinski definition) is 5. The Morgan fingerprint density at radius 3 is 2.26 bits per heavy atom. The molecule has 3 fully saturated rings. The van der Waals surface area contributed by atoms with Crippen LogP contribution in [-0.4, -0.2) is 74.8 Å². The van der Waals surface area contributed by atoms with Crippen LogP contribution in [0.1, 0.15) is 19.3 Å². The van der Waals surface area contributed by atoms with Crippen LogP contribution in [0.15, 0.2) is 79.9 Å². The Labute approximate surface area is 264 Å². The average Bonchev–Trinajstić information content (AvgIpc) is 3.58. The Morgan fingerprint density at radius 1 is 1.02 bits per heavy atom. The van der Waals surface area contributed by atoms with E-state index >= 15 is 0 Å².